The third kappa shape index (κ3) is 2.83. The number of nitriles is 1. The molecule has 1 fully saturated rings. The topological polar surface area (TPSA) is 36.3 Å². The predicted octanol–water partition coefficient (Wildman–Crippen LogP) is 2.80. The van der Waals surface area contributed by atoms with Crippen LogP contribution in [0.2, 0.25) is 0 Å². The van der Waals surface area contributed by atoms with Crippen molar-refractivity contribution < 1.29 is 4.74 Å². The molecule has 3 heteroatoms. The van der Waals surface area contributed by atoms with Crippen molar-refractivity contribution in [2.24, 2.45) is 5.92 Å². The summed E-state index contributed by atoms with van der Waals surface area (Å²) in [7, 11) is 3.77. The first-order valence-corrected chi connectivity index (χ1v) is 6.43. The van der Waals surface area contributed by atoms with E-state index in [0.29, 0.717) is 17.4 Å². The highest BCUT2D eigenvalue weighted by atomic mass is 16.5. The Hall–Kier alpha value is -1.53. The van der Waals surface area contributed by atoms with E-state index >= 15 is 0 Å². The van der Waals surface area contributed by atoms with Gasteiger partial charge in [0.05, 0.1) is 12.7 Å². The Balaban J connectivity index is 2.07. The molecule has 1 aliphatic carbocycles. The summed E-state index contributed by atoms with van der Waals surface area (Å²) in [4.78, 5) is 2.37. The Bertz CT molecular complexity index is 460. The molecular formula is C15H20N2O. The van der Waals surface area contributed by atoms with Gasteiger partial charge in [-0.1, -0.05) is 6.07 Å². The molecule has 3 nitrogen and oxygen atoms in total. The van der Waals surface area contributed by atoms with Crippen LogP contribution >= 0.6 is 0 Å². The number of rotatable bonds is 5. The summed E-state index contributed by atoms with van der Waals surface area (Å²) < 4.78 is 5.24. The van der Waals surface area contributed by atoms with E-state index in [9.17, 15) is 0 Å². The first-order valence-electron chi connectivity index (χ1n) is 6.43. The van der Waals surface area contributed by atoms with E-state index in [1.807, 2.05) is 18.2 Å². The molecule has 0 amide bonds. The van der Waals surface area contributed by atoms with Gasteiger partial charge in [-0.25, -0.2) is 0 Å². The van der Waals surface area contributed by atoms with Crippen LogP contribution in [0.5, 0.6) is 5.75 Å². The lowest BCUT2D eigenvalue weighted by Crippen LogP contribution is -2.30. The van der Waals surface area contributed by atoms with Gasteiger partial charge in [0, 0.05) is 12.6 Å². The largest absolute Gasteiger partial charge is 0.495 e. The molecule has 0 N–H and O–H groups in total. The first-order chi connectivity index (χ1) is 8.65. The van der Waals surface area contributed by atoms with E-state index in [2.05, 4.69) is 24.9 Å². The lowest BCUT2D eigenvalue weighted by molar-refractivity contribution is 0.226. The Kier molecular flexibility index (Phi) is 3.88. The smallest absolute Gasteiger partial charge is 0.136 e. The lowest BCUT2D eigenvalue weighted by Gasteiger charge is -2.24. The number of methoxy groups -OCH3 is 1. The van der Waals surface area contributed by atoms with Crippen LogP contribution in [0.15, 0.2) is 18.2 Å². The summed E-state index contributed by atoms with van der Waals surface area (Å²) in [5, 5.41) is 8.95. The zero-order valence-electron chi connectivity index (χ0n) is 11.3. The maximum Gasteiger partial charge on any atom is 0.136 e. The molecule has 1 unspecified atom stereocenters. The van der Waals surface area contributed by atoms with Gasteiger partial charge >= 0.3 is 0 Å². The van der Waals surface area contributed by atoms with Crippen molar-refractivity contribution in [1.82, 2.24) is 4.90 Å². The summed E-state index contributed by atoms with van der Waals surface area (Å²) >= 11 is 0. The van der Waals surface area contributed by atoms with Crippen LogP contribution in [0.1, 0.15) is 30.9 Å². The second-order valence-electron chi connectivity index (χ2n) is 5.14. The van der Waals surface area contributed by atoms with Gasteiger partial charge in [0.25, 0.3) is 0 Å². The molecule has 0 bridgehead atoms. The Morgan fingerprint density at radius 1 is 1.50 bits per heavy atom. The molecule has 2 rings (SSSR count). The minimum Gasteiger partial charge on any atom is -0.495 e. The highest BCUT2D eigenvalue weighted by Crippen LogP contribution is 2.35. The standard InChI is InChI=1S/C15H20N2O/c1-11(13-6-7-13)17(2)10-12-4-5-14(9-16)15(8-12)18-3/h4-5,8,11,13H,6-7,10H2,1-3H3. The molecule has 1 aliphatic rings. The molecule has 0 aromatic heterocycles. The van der Waals surface area contributed by atoms with Gasteiger partial charge in [0.2, 0.25) is 0 Å². The van der Waals surface area contributed by atoms with Crippen molar-refractivity contribution in [3.63, 3.8) is 0 Å². The minimum absolute atomic E-state index is 0.596. The van der Waals surface area contributed by atoms with Crippen LogP contribution in [0.25, 0.3) is 0 Å². The van der Waals surface area contributed by atoms with Crippen LogP contribution in [0.3, 0.4) is 0 Å². The number of hydrogen-bond acceptors (Lipinski definition) is 3. The average molecular weight is 244 g/mol. The predicted molar refractivity (Wildman–Crippen MR) is 71.4 cm³/mol. The van der Waals surface area contributed by atoms with Crippen molar-refractivity contribution in [2.45, 2.75) is 32.4 Å². The van der Waals surface area contributed by atoms with Crippen molar-refractivity contribution in [1.29, 1.82) is 5.26 Å². The van der Waals surface area contributed by atoms with Crippen LogP contribution in [-0.2, 0) is 6.54 Å². The van der Waals surface area contributed by atoms with Gasteiger partial charge < -0.3 is 4.74 Å². The molecule has 0 saturated heterocycles. The first kappa shape index (κ1) is 12.9. The van der Waals surface area contributed by atoms with E-state index < -0.39 is 0 Å². The van der Waals surface area contributed by atoms with E-state index in [1.165, 1.54) is 18.4 Å². The molecule has 1 saturated carbocycles. The fourth-order valence-electron chi connectivity index (χ4n) is 2.30. The van der Waals surface area contributed by atoms with Crippen LogP contribution in [0, 0.1) is 17.2 Å². The monoisotopic (exact) mass is 244 g/mol. The van der Waals surface area contributed by atoms with E-state index in [0.717, 1.165) is 12.5 Å². The number of ether oxygens (including phenoxy) is 1. The van der Waals surface area contributed by atoms with Crippen LogP contribution < -0.4 is 4.74 Å². The third-order valence-corrected chi connectivity index (χ3v) is 3.82. The third-order valence-electron chi connectivity index (χ3n) is 3.82. The van der Waals surface area contributed by atoms with Crippen molar-refractivity contribution >= 4 is 0 Å². The molecule has 0 aliphatic heterocycles. The van der Waals surface area contributed by atoms with Gasteiger partial charge in [0.1, 0.15) is 11.8 Å². The molecule has 18 heavy (non-hydrogen) atoms. The highest BCUT2D eigenvalue weighted by Gasteiger charge is 2.30. The fraction of sp³-hybridized carbons (Fsp3) is 0.533. The lowest BCUT2D eigenvalue weighted by atomic mass is 10.1. The Morgan fingerprint density at radius 2 is 2.22 bits per heavy atom. The van der Waals surface area contributed by atoms with E-state index in [-0.39, 0.29) is 0 Å². The highest BCUT2D eigenvalue weighted by molar-refractivity contribution is 5.45. The maximum absolute atomic E-state index is 8.95. The van der Waals surface area contributed by atoms with Crippen molar-refractivity contribution in [3.8, 4) is 11.8 Å². The summed E-state index contributed by atoms with van der Waals surface area (Å²) in [5.74, 6) is 1.54. The second-order valence-corrected chi connectivity index (χ2v) is 5.14. The zero-order chi connectivity index (χ0) is 13.1. The van der Waals surface area contributed by atoms with Crippen molar-refractivity contribution in [2.75, 3.05) is 14.2 Å². The molecule has 0 spiro atoms. The second kappa shape index (κ2) is 5.41. The van der Waals surface area contributed by atoms with Crippen molar-refractivity contribution in [3.05, 3.63) is 29.3 Å². The van der Waals surface area contributed by atoms with Gasteiger partial charge in [-0.3, -0.25) is 4.90 Å². The summed E-state index contributed by atoms with van der Waals surface area (Å²) in [6.45, 7) is 3.19. The zero-order valence-corrected chi connectivity index (χ0v) is 11.3. The van der Waals surface area contributed by atoms with Gasteiger partial charge in [-0.2, -0.15) is 5.26 Å². The molecule has 1 aromatic carbocycles. The molecule has 96 valence electrons. The number of nitrogens with zero attached hydrogens (tertiary/aromatic N) is 2. The normalized spacial score (nSPS) is 16.4. The number of hydrogen-bond donors (Lipinski definition) is 0. The van der Waals surface area contributed by atoms with E-state index in [1.54, 1.807) is 7.11 Å². The molecule has 1 atom stereocenters. The fourth-order valence-corrected chi connectivity index (χ4v) is 2.30. The average Bonchev–Trinajstić information content (AvgIpc) is 3.21. The maximum atomic E-state index is 8.95. The molecule has 0 heterocycles. The summed E-state index contributed by atoms with van der Waals surface area (Å²) in [6.07, 6.45) is 2.73. The van der Waals surface area contributed by atoms with Gasteiger partial charge in [0.15, 0.2) is 0 Å². The Labute approximate surface area is 109 Å². The number of benzene rings is 1. The van der Waals surface area contributed by atoms with Crippen LogP contribution in [0.4, 0.5) is 0 Å². The quantitative estimate of drug-likeness (QED) is 0.799. The van der Waals surface area contributed by atoms with Gasteiger partial charge in [-0.05, 0) is 50.4 Å². The molecule has 0 radical (unpaired) electrons. The van der Waals surface area contributed by atoms with E-state index in [4.69, 9.17) is 10.00 Å². The molecule has 1 aromatic rings. The summed E-state index contributed by atoms with van der Waals surface area (Å²) in [6, 6.07) is 8.59. The summed E-state index contributed by atoms with van der Waals surface area (Å²) in [5.41, 5.74) is 1.79. The Morgan fingerprint density at radius 3 is 2.78 bits per heavy atom. The SMILES string of the molecule is COc1cc(CN(C)C(C)C2CC2)ccc1C#N. The minimum atomic E-state index is 0.596. The van der Waals surface area contributed by atoms with Crippen LogP contribution in [-0.4, -0.2) is 25.1 Å². The molecular weight excluding hydrogens is 224 g/mol. The van der Waals surface area contributed by atoms with Gasteiger partial charge in [-0.15, -0.1) is 0 Å².